The number of aryl methyl sites for hydroxylation is 1. The molecule has 2 aromatic rings. The van der Waals surface area contributed by atoms with E-state index in [0.717, 1.165) is 28.7 Å². The molecule has 0 unspecified atom stereocenters. The Labute approximate surface area is 125 Å². The van der Waals surface area contributed by atoms with Crippen LogP contribution in [-0.4, -0.2) is 33.6 Å². The minimum Gasteiger partial charge on any atom is -0.481 e. The minimum atomic E-state index is -0.894. The fourth-order valence-electron chi connectivity index (χ4n) is 1.94. The number of carbonyl (C=O) groups is 1. The Bertz CT molecular complexity index is 705. The number of ether oxygens (including phenoxy) is 2. The van der Waals surface area contributed by atoms with Crippen molar-refractivity contribution < 1.29 is 19.4 Å². The van der Waals surface area contributed by atoms with Crippen molar-refractivity contribution in [1.82, 2.24) is 9.97 Å². The summed E-state index contributed by atoms with van der Waals surface area (Å²) in [4.78, 5) is 19.3. The van der Waals surface area contributed by atoms with E-state index in [1.165, 1.54) is 0 Å². The lowest BCUT2D eigenvalue weighted by Gasteiger charge is -2.06. The normalized spacial score (nSPS) is 12.4. The number of aromatic nitrogens is 2. The standard InChI is InChI=1S/C14H12N2O4S/c1-8-4-10(16-14(15-8)21-6-13(17)18)9-2-3-11-12(5-9)20-7-19-11/h2-5H,6-7H2,1H3,(H,17,18). The maximum Gasteiger partial charge on any atom is 0.313 e. The molecule has 21 heavy (non-hydrogen) atoms. The van der Waals surface area contributed by atoms with Crippen LogP contribution in [0.2, 0.25) is 0 Å². The summed E-state index contributed by atoms with van der Waals surface area (Å²) in [5, 5.41) is 9.18. The van der Waals surface area contributed by atoms with Crippen molar-refractivity contribution in [3.05, 3.63) is 30.0 Å². The Morgan fingerprint density at radius 1 is 1.29 bits per heavy atom. The Morgan fingerprint density at radius 3 is 2.90 bits per heavy atom. The fraction of sp³-hybridized carbons (Fsp3) is 0.214. The summed E-state index contributed by atoms with van der Waals surface area (Å²) < 4.78 is 10.6. The lowest BCUT2D eigenvalue weighted by molar-refractivity contribution is -0.133. The van der Waals surface area contributed by atoms with Crippen LogP contribution >= 0.6 is 11.8 Å². The molecule has 0 amide bonds. The number of benzene rings is 1. The van der Waals surface area contributed by atoms with Crippen LogP contribution < -0.4 is 9.47 Å². The van der Waals surface area contributed by atoms with E-state index >= 15 is 0 Å². The summed E-state index contributed by atoms with van der Waals surface area (Å²) >= 11 is 1.10. The van der Waals surface area contributed by atoms with Gasteiger partial charge in [-0.1, -0.05) is 11.8 Å². The van der Waals surface area contributed by atoms with Crippen molar-refractivity contribution >= 4 is 17.7 Å². The van der Waals surface area contributed by atoms with Gasteiger partial charge < -0.3 is 14.6 Å². The molecule has 0 saturated heterocycles. The maximum atomic E-state index is 10.6. The topological polar surface area (TPSA) is 81.5 Å². The summed E-state index contributed by atoms with van der Waals surface area (Å²) in [5.74, 6) is 0.438. The number of fused-ring (bicyclic) bond motifs is 1. The van der Waals surface area contributed by atoms with Gasteiger partial charge in [0, 0.05) is 11.3 Å². The number of hydrogen-bond donors (Lipinski definition) is 1. The summed E-state index contributed by atoms with van der Waals surface area (Å²) in [6.45, 7) is 2.07. The number of thioether (sulfide) groups is 1. The van der Waals surface area contributed by atoms with Gasteiger partial charge in [-0.3, -0.25) is 4.79 Å². The van der Waals surface area contributed by atoms with Gasteiger partial charge in [-0.25, -0.2) is 9.97 Å². The molecule has 108 valence electrons. The van der Waals surface area contributed by atoms with Gasteiger partial charge in [-0.2, -0.15) is 0 Å². The van der Waals surface area contributed by atoms with Gasteiger partial charge in [-0.15, -0.1) is 0 Å². The van der Waals surface area contributed by atoms with Crippen LogP contribution in [0.3, 0.4) is 0 Å². The van der Waals surface area contributed by atoms with Gasteiger partial charge >= 0.3 is 5.97 Å². The zero-order valence-electron chi connectivity index (χ0n) is 11.2. The number of aliphatic carboxylic acids is 1. The molecule has 0 fully saturated rings. The molecule has 2 heterocycles. The van der Waals surface area contributed by atoms with Gasteiger partial charge in [0.15, 0.2) is 16.7 Å². The first-order valence-electron chi connectivity index (χ1n) is 6.22. The number of hydrogen-bond acceptors (Lipinski definition) is 6. The molecule has 0 aliphatic carbocycles. The fourth-order valence-corrected chi connectivity index (χ4v) is 2.56. The second-order valence-electron chi connectivity index (χ2n) is 4.43. The highest BCUT2D eigenvalue weighted by molar-refractivity contribution is 7.99. The van der Waals surface area contributed by atoms with Gasteiger partial charge in [0.2, 0.25) is 6.79 Å². The van der Waals surface area contributed by atoms with E-state index in [1.807, 2.05) is 31.2 Å². The molecule has 1 aliphatic heterocycles. The first-order chi connectivity index (χ1) is 10.1. The average Bonchev–Trinajstić information content (AvgIpc) is 2.92. The Morgan fingerprint density at radius 2 is 2.10 bits per heavy atom. The second kappa shape index (κ2) is 5.61. The van der Waals surface area contributed by atoms with Gasteiger partial charge in [0.05, 0.1) is 11.4 Å². The van der Waals surface area contributed by atoms with Gasteiger partial charge in [0.25, 0.3) is 0 Å². The van der Waals surface area contributed by atoms with Crippen molar-refractivity contribution in [2.75, 3.05) is 12.5 Å². The molecule has 0 radical (unpaired) electrons. The highest BCUT2D eigenvalue weighted by atomic mass is 32.2. The van der Waals surface area contributed by atoms with E-state index in [4.69, 9.17) is 14.6 Å². The van der Waals surface area contributed by atoms with Gasteiger partial charge in [0.1, 0.15) is 0 Å². The van der Waals surface area contributed by atoms with E-state index < -0.39 is 5.97 Å². The largest absolute Gasteiger partial charge is 0.481 e. The average molecular weight is 304 g/mol. The highest BCUT2D eigenvalue weighted by Gasteiger charge is 2.15. The highest BCUT2D eigenvalue weighted by Crippen LogP contribution is 2.35. The Balaban J connectivity index is 1.92. The van der Waals surface area contributed by atoms with Crippen LogP contribution in [0.25, 0.3) is 11.3 Å². The SMILES string of the molecule is Cc1cc(-c2ccc3c(c2)OCO3)nc(SCC(=O)O)n1. The van der Waals surface area contributed by atoms with Crippen LogP contribution in [0.4, 0.5) is 0 Å². The quantitative estimate of drug-likeness (QED) is 0.686. The van der Waals surface area contributed by atoms with Crippen LogP contribution in [0.5, 0.6) is 11.5 Å². The van der Waals surface area contributed by atoms with E-state index in [2.05, 4.69) is 9.97 Å². The zero-order valence-corrected chi connectivity index (χ0v) is 12.0. The summed E-state index contributed by atoms with van der Waals surface area (Å²) in [7, 11) is 0. The smallest absolute Gasteiger partial charge is 0.313 e. The van der Waals surface area contributed by atoms with Crippen LogP contribution in [-0.2, 0) is 4.79 Å². The minimum absolute atomic E-state index is 0.0654. The Hall–Kier alpha value is -2.28. The van der Waals surface area contributed by atoms with Crippen molar-refractivity contribution in [3.8, 4) is 22.8 Å². The van der Waals surface area contributed by atoms with Crippen molar-refractivity contribution in [1.29, 1.82) is 0 Å². The number of rotatable bonds is 4. The molecule has 0 bridgehead atoms. The molecule has 0 saturated carbocycles. The molecule has 1 aliphatic rings. The molecule has 7 heteroatoms. The molecule has 1 aromatic carbocycles. The molecule has 6 nitrogen and oxygen atoms in total. The molecule has 1 aromatic heterocycles. The number of carboxylic acids is 1. The van der Waals surface area contributed by atoms with E-state index in [0.29, 0.717) is 16.7 Å². The first-order valence-corrected chi connectivity index (χ1v) is 7.21. The third kappa shape index (κ3) is 3.08. The number of carboxylic acid groups (broad SMARTS) is 1. The van der Waals surface area contributed by atoms with Crippen molar-refractivity contribution in [3.63, 3.8) is 0 Å². The molecular weight excluding hydrogens is 292 g/mol. The summed E-state index contributed by atoms with van der Waals surface area (Å²) in [6, 6.07) is 7.43. The van der Waals surface area contributed by atoms with E-state index in [9.17, 15) is 4.79 Å². The second-order valence-corrected chi connectivity index (χ2v) is 5.37. The third-order valence-electron chi connectivity index (χ3n) is 2.83. The van der Waals surface area contributed by atoms with Crippen molar-refractivity contribution in [2.24, 2.45) is 0 Å². The molecule has 3 rings (SSSR count). The molecule has 0 atom stereocenters. The molecule has 1 N–H and O–H groups in total. The van der Waals surface area contributed by atoms with Crippen LogP contribution in [0.15, 0.2) is 29.4 Å². The monoisotopic (exact) mass is 304 g/mol. The lowest BCUT2D eigenvalue weighted by atomic mass is 10.1. The van der Waals surface area contributed by atoms with Crippen molar-refractivity contribution in [2.45, 2.75) is 12.1 Å². The van der Waals surface area contributed by atoms with E-state index in [-0.39, 0.29) is 12.5 Å². The predicted molar refractivity (Wildman–Crippen MR) is 76.7 cm³/mol. The predicted octanol–water partition coefficient (Wildman–Crippen LogP) is 2.36. The summed E-state index contributed by atoms with van der Waals surface area (Å²) in [5.41, 5.74) is 2.39. The lowest BCUT2D eigenvalue weighted by Crippen LogP contribution is -2.00. The van der Waals surface area contributed by atoms with Crippen LogP contribution in [0.1, 0.15) is 5.69 Å². The first kappa shape index (κ1) is 13.7. The van der Waals surface area contributed by atoms with Crippen LogP contribution in [0, 0.1) is 6.92 Å². The maximum absolute atomic E-state index is 10.6. The van der Waals surface area contributed by atoms with E-state index in [1.54, 1.807) is 0 Å². The summed E-state index contributed by atoms with van der Waals surface area (Å²) in [6.07, 6.45) is 0. The Kier molecular flexibility index (Phi) is 3.66. The molecule has 0 spiro atoms. The molecular formula is C14H12N2O4S. The van der Waals surface area contributed by atoms with Gasteiger partial charge in [-0.05, 0) is 31.2 Å². The number of nitrogens with zero attached hydrogens (tertiary/aromatic N) is 2. The third-order valence-corrected chi connectivity index (χ3v) is 3.66. The zero-order chi connectivity index (χ0) is 14.8.